The lowest BCUT2D eigenvalue weighted by molar-refractivity contribution is 0.220. The molecule has 0 aliphatic heterocycles. The molecule has 0 rings (SSSR count). The lowest BCUT2D eigenvalue weighted by Crippen LogP contribution is -2.31. The highest BCUT2D eigenvalue weighted by atomic mass is 14.4. The second-order valence-corrected chi connectivity index (χ2v) is 4.69. The molecule has 0 spiro atoms. The lowest BCUT2D eigenvalue weighted by Gasteiger charge is -2.43. The third-order valence-electron chi connectivity index (χ3n) is 2.82. The van der Waals surface area contributed by atoms with Gasteiger partial charge in [-0.2, -0.15) is 0 Å². The Morgan fingerprint density at radius 2 is 1.30 bits per heavy atom. The van der Waals surface area contributed by atoms with E-state index in [1.807, 2.05) is 0 Å². The SMILES string of the molecule is [B]C(C)(C(C)C)C(C)(C)C. The lowest BCUT2D eigenvalue weighted by atomic mass is 9.50. The Hall–Kier alpha value is 0.0649. The van der Waals surface area contributed by atoms with Gasteiger partial charge in [-0.05, 0) is 11.3 Å². The minimum absolute atomic E-state index is 0.0625. The highest BCUT2D eigenvalue weighted by molar-refractivity contribution is 6.15. The van der Waals surface area contributed by atoms with E-state index in [0.29, 0.717) is 5.92 Å². The van der Waals surface area contributed by atoms with Crippen molar-refractivity contribution in [3.05, 3.63) is 0 Å². The normalized spacial score (nSPS) is 19.1. The Morgan fingerprint density at radius 3 is 1.30 bits per heavy atom. The van der Waals surface area contributed by atoms with Gasteiger partial charge in [-0.3, -0.25) is 0 Å². The predicted molar refractivity (Wildman–Crippen MR) is 48.4 cm³/mol. The van der Waals surface area contributed by atoms with Crippen LogP contribution >= 0.6 is 0 Å². The second kappa shape index (κ2) is 2.60. The standard InChI is InChI=1S/C9H19B/c1-7(2)9(6,10)8(3,4)5/h7H,1-6H3. The molecular weight excluding hydrogens is 119 g/mol. The molecule has 0 saturated heterocycles. The molecule has 0 aromatic rings. The summed E-state index contributed by atoms with van der Waals surface area (Å²) in [6.45, 7) is 13.0. The molecule has 0 aliphatic carbocycles. The van der Waals surface area contributed by atoms with Gasteiger partial charge in [-0.15, -0.1) is 0 Å². The summed E-state index contributed by atoms with van der Waals surface area (Å²) in [6.07, 6.45) is 0. The molecule has 0 aromatic carbocycles. The molecule has 0 bridgehead atoms. The summed E-state index contributed by atoms with van der Waals surface area (Å²) in [4.78, 5) is 0. The van der Waals surface area contributed by atoms with E-state index in [2.05, 4.69) is 41.5 Å². The molecule has 0 saturated carbocycles. The van der Waals surface area contributed by atoms with Crippen LogP contribution in [-0.4, -0.2) is 7.85 Å². The largest absolute Gasteiger partial charge is 0.0753 e. The fraction of sp³-hybridized carbons (Fsp3) is 1.00. The van der Waals surface area contributed by atoms with Crippen LogP contribution in [0, 0.1) is 11.3 Å². The van der Waals surface area contributed by atoms with E-state index in [-0.39, 0.29) is 10.7 Å². The first-order chi connectivity index (χ1) is 4.19. The van der Waals surface area contributed by atoms with Crippen molar-refractivity contribution in [1.29, 1.82) is 0 Å². The number of rotatable bonds is 1. The van der Waals surface area contributed by atoms with Crippen LogP contribution in [0.15, 0.2) is 0 Å². The molecule has 0 fully saturated rings. The van der Waals surface area contributed by atoms with E-state index in [0.717, 1.165) is 0 Å². The topological polar surface area (TPSA) is 0 Å². The predicted octanol–water partition coefficient (Wildman–Crippen LogP) is 3.04. The quantitative estimate of drug-likeness (QED) is 0.488. The molecule has 1 atom stereocenters. The molecule has 0 nitrogen and oxygen atoms in total. The Bertz CT molecular complexity index is 106. The van der Waals surface area contributed by atoms with Gasteiger partial charge in [0.05, 0.1) is 7.85 Å². The Balaban J connectivity index is 4.40. The average Bonchev–Trinajstić information content (AvgIpc) is 1.62. The van der Waals surface area contributed by atoms with Crippen LogP contribution in [0.25, 0.3) is 0 Å². The zero-order valence-electron chi connectivity index (χ0n) is 8.15. The summed E-state index contributed by atoms with van der Waals surface area (Å²) in [5.74, 6) is 0.535. The molecule has 0 heterocycles. The summed E-state index contributed by atoms with van der Waals surface area (Å²) in [5, 5.41) is -0.0625. The molecule has 1 heteroatoms. The monoisotopic (exact) mass is 138 g/mol. The summed E-state index contributed by atoms with van der Waals surface area (Å²) >= 11 is 0. The van der Waals surface area contributed by atoms with Crippen molar-refractivity contribution in [1.82, 2.24) is 0 Å². The van der Waals surface area contributed by atoms with E-state index < -0.39 is 0 Å². The molecule has 1 unspecified atom stereocenters. The van der Waals surface area contributed by atoms with Gasteiger partial charge >= 0.3 is 0 Å². The molecule has 10 heavy (non-hydrogen) atoms. The zero-order valence-corrected chi connectivity index (χ0v) is 8.15. The smallest absolute Gasteiger partial charge is 0.0669 e. The summed E-state index contributed by atoms with van der Waals surface area (Å²) in [6, 6.07) is 0. The highest BCUT2D eigenvalue weighted by Gasteiger charge is 2.34. The maximum atomic E-state index is 6.14. The third kappa shape index (κ3) is 1.77. The fourth-order valence-corrected chi connectivity index (χ4v) is 0.866. The Morgan fingerprint density at radius 1 is 1.00 bits per heavy atom. The van der Waals surface area contributed by atoms with Gasteiger partial charge in [0.15, 0.2) is 0 Å². The Kier molecular flexibility index (Phi) is 2.61. The van der Waals surface area contributed by atoms with Gasteiger partial charge in [-0.25, -0.2) is 0 Å². The van der Waals surface area contributed by atoms with Crippen LogP contribution < -0.4 is 0 Å². The first-order valence-corrected chi connectivity index (χ1v) is 3.98. The number of hydrogen-bond donors (Lipinski definition) is 0. The maximum Gasteiger partial charge on any atom is 0.0753 e. The summed E-state index contributed by atoms with van der Waals surface area (Å²) in [5.41, 5.74) is 0.196. The molecule has 0 N–H and O–H groups in total. The zero-order chi connectivity index (χ0) is 8.58. The van der Waals surface area contributed by atoms with Crippen molar-refractivity contribution in [2.45, 2.75) is 46.9 Å². The molecular formula is C9H19B. The van der Waals surface area contributed by atoms with Gasteiger partial charge in [0, 0.05) is 0 Å². The molecule has 0 amide bonds. The van der Waals surface area contributed by atoms with Crippen molar-refractivity contribution in [2.24, 2.45) is 11.3 Å². The van der Waals surface area contributed by atoms with Crippen molar-refractivity contribution in [2.75, 3.05) is 0 Å². The van der Waals surface area contributed by atoms with E-state index >= 15 is 0 Å². The molecule has 2 radical (unpaired) electrons. The van der Waals surface area contributed by atoms with Crippen LogP contribution in [0.4, 0.5) is 0 Å². The first-order valence-electron chi connectivity index (χ1n) is 3.98. The van der Waals surface area contributed by atoms with E-state index in [4.69, 9.17) is 7.85 Å². The minimum Gasteiger partial charge on any atom is -0.0669 e. The molecule has 58 valence electrons. The van der Waals surface area contributed by atoms with Crippen molar-refractivity contribution < 1.29 is 0 Å². The molecule has 0 aromatic heterocycles. The summed E-state index contributed by atoms with van der Waals surface area (Å²) < 4.78 is 0. The van der Waals surface area contributed by atoms with Crippen LogP contribution in [0.3, 0.4) is 0 Å². The third-order valence-corrected chi connectivity index (χ3v) is 2.82. The first kappa shape index (κ1) is 10.1. The van der Waals surface area contributed by atoms with Gasteiger partial charge in [-0.1, -0.05) is 46.9 Å². The Labute approximate surface area is 66.8 Å². The molecule has 0 aliphatic rings. The van der Waals surface area contributed by atoms with Crippen LogP contribution in [0.1, 0.15) is 41.5 Å². The van der Waals surface area contributed by atoms with Gasteiger partial charge in [0.1, 0.15) is 0 Å². The minimum atomic E-state index is -0.0625. The maximum absolute atomic E-state index is 6.14. The number of hydrogen-bond acceptors (Lipinski definition) is 0. The van der Waals surface area contributed by atoms with E-state index in [1.54, 1.807) is 0 Å². The van der Waals surface area contributed by atoms with Crippen LogP contribution in [-0.2, 0) is 0 Å². The highest BCUT2D eigenvalue weighted by Crippen LogP contribution is 2.47. The van der Waals surface area contributed by atoms with Gasteiger partial charge < -0.3 is 0 Å². The van der Waals surface area contributed by atoms with Crippen molar-refractivity contribution in [3.8, 4) is 0 Å². The summed E-state index contributed by atoms with van der Waals surface area (Å²) in [7, 11) is 6.14. The van der Waals surface area contributed by atoms with E-state index in [9.17, 15) is 0 Å². The van der Waals surface area contributed by atoms with Crippen molar-refractivity contribution in [3.63, 3.8) is 0 Å². The van der Waals surface area contributed by atoms with Crippen LogP contribution in [0.2, 0.25) is 5.31 Å². The average molecular weight is 138 g/mol. The van der Waals surface area contributed by atoms with Gasteiger partial charge in [0.25, 0.3) is 0 Å². The van der Waals surface area contributed by atoms with Gasteiger partial charge in [0.2, 0.25) is 0 Å². The van der Waals surface area contributed by atoms with Crippen LogP contribution in [0.5, 0.6) is 0 Å². The second-order valence-electron chi connectivity index (χ2n) is 4.69. The van der Waals surface area contributed by atoms with E-state index in [1.165, 1.54) is 0 Å². The fourth-order valence-electron chi connectivity index (χ4n) is 0.866. The van der Waals surface area contributed by atoms with Crippen molar-refractivity contribution >= 4 is 7.85 Å².